The van der Waals surface area contributed by atoms with Gasteiger partial charge in [0.1, 0.15) is 0 Å². The highest BCUT2D eigenvalue weighted by molar-refractivity contribution is 7.11. The monoisotopic (exact) mass is 207 g/mol. The number of thiophene rings is 1. The molecule has 14 heavy (non-hydrogen) atoms. The number of allylic oxidation sites excluding steroid dienone is 2. The van der Waals surface area contributed by atoms with Crippen LogP contribution in [-0.4, -0.2) is 5.91 Å². The van der Waals surface area contributed by atoms with Gasteiger partial charge in [0, 0.05) is 4.88 Å². The zero-order chi connectivity index (χ0) is 9.97. The molecular formula is C11H13NOS. The predicted molar refractivity (Wildman–Crippen MR) is 59.3 cm³/mol. The average molecular weight is 207 g/mol. The van der Waals surface area contributed by atoms with E-state index in [1.165, 1.54) is 18.4 Å². The molecule has 74 valence electrons. The lowest BCUT2D eigenvalue weighted by Crippen LogP contribution is -2.11. The lowest BCUT2D eigenvalue weighted by Gasteiger charge is -2.11. The molecule has 0 spiro atoms. The molecule has 0 unspecified atom stereocenters. The Kier molecular flexibility index (Phi) is 2.68. The van der Waals surface area contributed by atoms with Crippen LogP contribution in [0.25, 0.3) is 5.57 Å². The van der Waals surface area contributed by atoms with E-state index in [1.54, 1.807) is 11.3 Å². The highest BCUT2D eigenvalue weighted by Gasteiger charge is 2.14. The fourth-order valence-electron chi connectivity index (χ4n) is 1.80. The molecule has 0 fully saturated rings. The molecule has 0 atom stereocenters. The van der Waals surface area contributed by atoms with E-state index in [4.69, 9.17) is 5.73 Å². The van der Waals surface area contributed by atoms with Gasteiger partial charge in [-0.25, -0.2) is 0 Å². The molecule has 0 aliphatic heterocycles. The quantitative estimate of drug-likeness (QED) is 0.796. The molecule has 1 aromatic rings. The van der Waals surface area contributed by atoms with Crippen LogP contribution < -0.4 is 5.73 Å². The summed E-state index contributed by atoms with van der Waals surface area (Å²) in [5.74, 6) is -0.312. The number of carbonyl (C=O) groups excluding carboxylic acids is 1. The van der Waals surface area contributed by atoms with E-state index in [0.717, 1.165) is 17.7 Å². The number of primary amides is 1. The van der Waals surface area contributed by atoms with Crippen LogP contribution in [0.15, 0.2) is 17.5 Å². The third kappa shape index (κ3) is 1.73. The second-order valence-electron chi connectivity index (χ2n) is 3.50. The highest BCUT2D eigenvalue weighted by atomic mass is 32.1. The Hall–Kier alpha value is -1.09. The zero-order valence-electron chi connectivity index (χ0n) is 7.95. The summed E-state index contributed by atoms with van der Waals surface area (Å²) in [5.41, 5.74) is 7.30. The highest BCUT2D eigenvalue weighted by Crippen LogP contribution is 2.32. The van der Waals surface area contributed by atoms with Crippen molar-refractivity contribution < 1.29 is 4.79 Å². The summed E-state index contributed by atoms with van der Waals surface area (Å²) < 4.78 is 0. The summed E-state index contributed by atoms with van der Waals surface area (Å²) >= 11 is 1.62. The Bertz CT molecular complexity index is 378. The van der Waals surface area contributed by atoms with Crippen molar-refractivity contribution in [2.45, 2.75) is 25.7 Å². The number of carbonyl (C=O) groups is 1. The summed E-state index contributed by atoms with van der Waals surface area (Å²) in [7, 11) is 0. The fourth-order valence-corrected chi connectivity index (χ4v) is 2.77. The van der Waals surface area contributed by atoms with E-state index in [2.05, 4.69) is 6.08 Å². The van der Waals surface area contributed by atoms with Crippen molar-refractivity contribution in [2.75, 3.05) is 0 Å². The van der Waals surface area contributed by atoms with Crippen LogP contribution in [0.2, 0.25) is 0 Å². The summed E-state index contributed by atoms with van der Waals surface area (Å²) in [4.78, 5) is 12.2. The van der Waals surface area contributed by atoms with E-state index < -0.39 is 0 Å². The minimum atomic E-state index is -0.312. The van der Waals surface area contributed by atoms with Crippen LogP contribution >= 0.6 is 11.3 Å². The van der Waals surface area contributed by atoms with Crippen LogP contribution in [0.3, 0.4) is 0 Å². The van der Waals surface area contributed by atoms with E-state index in [0.29, 0.717) is 5.56 Å². The van der Waals surface area contributed by atoms with Gasteiger partial charge in [0.05, 0.1) is 5.56 Å². The predicted octanol–water partition coefficient (Wildman–Crippen LogP) is 2.80. The van der Waals surface area contributed by atoms with Gasteiger partial charge in [-0.05, 0) is 42.7 Å². The molecule has 1 aliphatic carbocycles. The molecule has 1 aliphatic rings. The second kappa shape index (κ2) is 3.96. The zero-order valence-corrected chi connectivity index (χ0v) is 8.77. The molecule has 2 rings (SSSR count). The second-order valence-corrected chi connectivity index (χ2v) is 4.42. The van der Waals surface area contributed by atoms with Gasteiger partial charge in [-0.3, -0.25) is 4.79 Å². The van der Waals surface area contributed by atoms with Crippen LogP contribution in [0, 0.1) is 0 Å². The van der Waals surface area contributed by atoms with Gasteiger partial charge < -0.3 is 5.73 Å². The lowest BCUT2D eigenvalue weighted by molar-refractivity contribution is 0.100. The SMILES string of the molecule is NC(=O)c1ccsc1C1=CCCCC1. The van der Waals surface area contributed by atoms with E-state index in [9.17, 15) is 4.79 Å². The minimum Gasteiger partial charge on any atom is -0.366 e. The first-order valence-corrected chi connectivity index (χ1v) is 5.73. The Morgan fingerprint density at radius 2 is 2.29 bits per heavy atom. The van der Waals surface area contributed by atoms with Crippen LogP contribution in [0.1, 0.15) is 40.9 Å². The largest absolute Gasteiger partial charge is 0.366 e. The van der Waals surface area contributed by atoms with Crippen molar-refractivity contribution in [2.24, 2.45) is 5.73 Å². The number of hydrogen-bond donors (Lipinski definition) is 1. The van der Waals surface area contributed by atoms with Gasteiger partial charge in [-0.1, -0.05) is 6.08 Å². The van der Waals surface area contributed by atoms with Gasteiger partial charge >= 0.3 is 0 Å². The van der Waals surface area contributed by atoms with Gasteiger partial charge in [-0.15, -0.1) is 11.3 Å². The smallest absolute Gasteiger partial charge is 0.250 e. The normalized spacial score (nSPS) is 16.4. The van der Waals surface area contributed by atoms with Crippen LogP contribution in [0.5, 0.6) is 0 Å². The Morgan fingerprint density at radius 1 is 1.43 bits per heavy atom. The molecule has 1 aromatic heterocycles. The topological polar surface area (TPSA) is 43.1 Å². The minimum absolute atomic E-state index is 0.312. The summed E-state index contributed by atoms with van der Waals surface area (Å²) in [6.07, 6.45) is 6.94. The van der Waals surface area contributed by atoms with Crippen molar-refractivity contribution in [1.82, 2.24) is 0 Å². The summed E-state index contributed by atoms with van der Waals surface area (Å²) in [6, 6.07) is 1.82. The van der Waals surface area contributed by atoms with Gasteiger partial charge in [-0.2, -0.15) is 0 Å². The van der Waals surface area contributed by atoms with Crippen LogP contribution in [0.4, 0.5) is 0 Å². The van der Waals surface area contributed by atoms with Crippen LogP contribution in [-0.2, 0) is 0 Å². The maximum atomic E-state index is 11.1. The number of amides is 1. The fraction of sp³-hybridized carbons (Fsp3) is 0.364. The first-order valence-electron chi connectivity index (χ1n) is 4.86. The van der Waals surface area contributed by atoms with Crippen molar-refractivity contribution in [3.05, 3.63) is 28.0 Å². The van der Waals surface area contributed by atoms with Gasteiger partial charge in [0.2, 0.25) is 5.91 Å². The number of nitrogens with two attached hydrogens (primary N) is 1. The third-order valence-corrected chi connectivity index (χ3v) is 3.50. The van der Waals surface area contributed by atoms with Crippen molar-refractivity contribution in [3.63, 3.8) is 0 Å². The first-order chi connectivity index (χ1) is 6.79. The summed E-state index contributed by atoms with van der Waals surface area (Å²) in [5, 5.41) is 1.94. The number of hydrogen-bond acceptors (Lipinski definition) is 2. The average Bonchev–Trinajstić information content (AvgIpc) is 2.67. The lowest BCUT2D eigenvalue weighted by atomic mass is 9.96. The van der Waals surface area contributed by atoms with Crippen molar-refractivity contribution in [1.29, 1.82) is 0 Å². The molecule has 1 heterocycles. The maximum Gasteiger partial charge on any atom is 0.250 e. The molecule has 2 N–H and O–H groups in total. The first kappa shape index (κ1) is 9.46. The third-order valence-electron chi connectivity index (χ3n) is 2.51. The molecule has 0 bridgehead atoms. The molecule has 1 amide bonds. The molecule has 0 aromatic carbocycles. The molecule has 0 radical (unpaired) electrons. The van der Waals surface area contributed by atoms with Crippen molar-refractivity contribution in [3.8, 4) is 0 Å². The Labute approximate surface area is 87.4 Å². The molecule has 3 heteroatoms. The Morgan fingerprint density at radius 3 is 2.93 bits per heavy atom. The molecule has 0 saturated carbocycles. The number of rotatable bonds is 2. The molecule has 2 nitrogen and oxygen atoms in total. The molecule has 0 saturated heterocycles. The maximum absolute atomic E-state index is 11.1. The van der Waals surface area contributed by atoms with E-state index in [1.807, 2.05) is 11.4 Å². The van der Waals surface area contributed by atoms with E-state index >= 15 is 0 Å². The van der Waals surface area contributed by atoms with Crippen molar-refractivity contribution >= 4 is 22.8 Å². The summed E-state index contributed by atoms with van der Waals surface area (Å²) in [6.45, 7) is 0. The van der Waals surface area contributed by atoms with Gasteiger partial charge in [0.25, 0.3) is 0 Å². The van der Waals surface area contributed by atoms with E-state index in [-0.39, 0.29) is 5.91 Å². The Balaban J connectivity index is 2.35. The van der Waals surface area contributed by atoms with Gasteiger partial charge in [0.15, 0.2) is 0 Å². The molecular weight excluding hydrogens is 194 g/mol. The standard InChI is InChI=1S/C11H13NOS/c12-11(13)9-6-7-14-10(9)8-4-2-1-3-5-8/h4,6-7H,1-3,5H2,(H2,12,13).